The molecule has 0 atom stereocenters. The van der Waals surface area contributed by atoms with Gasteiger partial charge in [-0.25, -0.2) is 0 Å². The van der Waals surface area contributed by atoms with E-state index in [4.69, 9.17) is 5.26 Å². The molecule has 0 aliphatic rings. The van der Waals surface area contributed by atoms with Gasteiger partial charge in [-0.05, 0) is 11.4 Å². The summed E-state index contributed by atoms with van der Waals surface area (Å²) in [6, 6.07) is 6.22. The fraction of sp³-hybridized carbons (Fsp3) is 0. The second-order valence-electron chi connectivity index (χ2n) is 2.29. The van der Waals surface area contributed by atoms with E-state index in [-0.39, 0.29) is 0 Å². The van der Waals surface area contributed by atoms with Crippen LogP contribution in [0.1, 0.15) is 5.56 Å². The molecule has 2 rings (SSSR count). The SMILES string of the molecule is N#Cc1cscc1-c1cccs1. The van der Waals surface area contributed by atoms with Crippen LogP contribution >= 0.6 is 22.7 Å². The summed E-state index contributed by atoms with van der Waals surface area (Å²) in [5, 5.41) is 14.7. The molecule has 0 bridgehead atoms. The monoisotopic (exact) mass is 191 g/mol. The average Bonchev–Trinajstić information content (AvgIpc) is 2.74. The van der Waals surface area contributed by atoms with Crippen LogP contribution in [-0.2, 0) is 0 Å². The lowest BCUT2D eigenvalue weighted by Gasteiger charge is -1.90. The molecule has 0 aromatic carbocycles. The van der Waals surface area contributed by atoms with Gasteiger partial charge in [0.2, 0.25) is 0 Å². The number of hydrogen-bond donors (Lipinski definition) is 0. The summed E-state index contributed by atoms with van der Waals surface area (Å²) in [7, 11) is 0. The quantitative estimate of drug-likeness (QED) is 0.678. The summed E-state index contributed by atoms with van der Waals surface area (Å²) in [6.07, 6.45) is 0. The van der Waals surface area contributed by atoms with Crippen LogP contribution in [0.15, 0.2) is 28.3 Å². The number of thiophene rings is 2. The Morgan fingerprint density at radius 1 is 1.33 bits per heavy atom. The van der Waals surface area contributed by atoms with Crippen molar-refractivity contribution in [3.63, 3.8) is 0 Å². The van der Waals surface area contributed by atoms with E-state index in [9.17, 15) is 0 Å². The molecular weight excluding hydrogens is 186 g/mol. The Hall–Kier alpha value is -1.11. The molecule has 0 radical (unpaired) electrons. The third-order valence-corrected chi connectivity index (χ3v) is 3.22. The summed E-state index contributed by atoms with van der Waals surface area (Å²) < 4.78 is 0. The van der Waals surface area contributed by atoms with Gasteiger partial charge >= 0.3 is 0 Å². The summed E-state index contributed by atoms with van der Waals surface area (Å²) >= 11 is 3.24. The minimum absolute atomic E-state index is 0.780. The lowest BCUT2D eigenvalue weighted by molar-refractivity contribution is 1.51. The van der Waals surface area contributed by atoms with Crippen molar-refractivity contribution in [2.24, 2.45) is 0 Å². The van der Waals surface area contributed by atoms with Crippen LogP contribution in [0.4, 0.5) is 0 Å². The zero-order valence-electron chi connectivity index (χ0n) is 6.15. The molecule has 0 saturated heterocycles. The smallest absolute Gasteiger partial charge is 0.101 e. The largest absolute Gasteiger partial charge is 0.192 e. The molecule has 12 heavy (non-hydrogen) atoms. The Morgan fingerprint density at radius 2 is 2.25 bits per heavy atom. The van der Waals surface area contributed by atoms with E-state index >= 15 is 0 Å². The van der Waals surface area contributed by atoms with Gasteiger partial charge in [0.15, 0.2) is 0 Å². The normalized spacial score (nSPS) is 9.58. The first-order valence-electron chi connectivity index (χ1n) is 3.42. The van der Waals surface area contributed by atoms with Gasteiger partial charge in [-0.15, -0.1) is 11.3 Å². The molecule has 0 N–H and O–H groups in total. The first kappa shape index (κ1) is 7.53. The van der Waals surface area contributed by atoms with Gasteiger partial charge < -0.3 is 0 Å². The van der Waals surface area contributed by atoms with Crippen LogP contribution in [0, 0.1) is 11.3 Å². The van der Waals surface area contributed by atoms with Crippen LogP contribution in [0.3, 0.4) is 0 Å². The van der Waals surface area contributed by atoms with E-state index in [1.807, 2.05) is 28.3 Å². The van der Waals surface area contributed by atoms with E-state index in [0.717, 1.165) is 11.1 Å². The van der Waals surface area contributed by atoms with Gasteiger partial charge in [0.25, 0.3) is 0 Å². The zero-order chi connectivity index (χ0) is 8.39. The van der Waals surface area contributed by atoms with Gasteiger partial charge in [0.1, 0.15) is 6.07 Å². The second-order valence-corrected chi connectivity index (χ2v) is 3.98. The number of nitriles is 1. The summed E-state index contributed by atoms with van der Waals surface area (Å²) in [5.74, 6) is 0. The van der Waals surface area contributed by atoms with Crippen molar-refractivity contribution in [3.8, 4) is 16.5 Å². The predicted molar refractivity (Wildman–Crippen MR) is 52.3 cm³/mol. The highest BCUT2D eigenvalue weighted by Crippen LogP contribution is 2.30. The molecular formula is C9H5NS2. The van der Waals surface area contributed by atoms with Crippen molar-refractivity contribution in [2.45, 2.75) is 0 Å². The van der Waals surface area contributed by atoms with E-state index in [1.165, 1.54) is 4.88 Å². The van der Waals surface area contributed by atoms with Crippen LogP contribution in [-0.4, -0.2) is 0 Å². The molecule has 2 aromatic heterocycles. The van der Waals surface area contributed by atoms with Crippen molar-refractivity contribution in [1.29, 1.82) is 5.26 Å². The maximum absolute atomic E-state index is 8.77. The van der Waals surface area contributed by atoms with Crippen LogP contribution in [0.2, 0.25) is 0 Å². The number of nitrogens with zero attached hydrogens (tertiary/aromatic N) is 1. The molecule has 0 amide bonds. The highest BCUT2D eigenvalue weighted by atomic mass is 32.1. The van der Waals surface area contributed by atoms with Gasteiger partial charge in [0, 0.05) is 21.2 Å². The first-order valence-corrected chi connectivity index (χ1v) is 5.24. The van der Waals surface area contributed by atoms with Gasteiger partial charge in [-0.2, -0.15) is 16.6 Å². The molecule has 2 aromatic rings. The standard InChI is InChI=1S/C9H5NS2/c10-4-7-5-11-6-8(7)9-2-1-3-12-9/h1-3,5-6H. The molecule has 0 fully saturated rings. The molecule has 2 heterocycles. The topological polar surface area (TPSA) is 23.8 Å². The molecule has 0 spiro atoms. The fourth-order valence-electron chi connectivity index (χ4n) is 1.01. The van der Waals surface area contributed by atoms with Crippen molar-refractivity contribution in [2.75, 3.05) is 0 Å². The van der Waals surface area contributed by atoms with Crippen molar-refractivity contribution >= 4 is 22.7 Å². The van der Waals surface area contributed by atoms with E-state index < -0.39 is 0 Å². The lowest BCUT2D eigenvalue weighted by atomic mass is 10.2. The average molecular weight is 191 g/mol. The third kappa shape index (κ3) is 1.15. The number of hydrogen-bond acceptors (Lipinski definition) is 3. The van der Waals surface area contributed by atoms with Crippen LogP contribution in [0.25, 0.3) is 10.4 Å². The summed E-state index contributed by atoms with van der Waals surface area (Å²) in [4.78, 5) is 1.17. The summed E-state index contributed by atoms with van der Waals surface area (Å²) in [6.45, 7) is 0. The molecule has 1 nitrogen and oxygen atoms in total. The molecule has 0 saturated carbocycles. The van der Waals surface area contributed by atoms with Crippen LogP contribution in [0.5, 0.6) is 0 Å². The number of rotatable bonds is 1. The molecule has 3 heteroatoms. The highest BCUT2D eigenvalue weighted by molar-refractivity contribution is 7.14. The summed E-state index contributed by atoms with van der Waals surface area (Å²) in [5.41, 5.74) is 1.85. The second kappa shape index (κ2) is 3.10. The van der Waals surface area contributed by atoms with Crippen LogP contribution < -0.4 is 0 Å². The van der Waals surface area contributed by atoms with Gasteiger partial charge in [-0.1, -0.05) is 6.07 Å². The minimum Gasteiger partial charge on any atom is -0.192 e. The minimum atomic E-state index is 0.780. The molecule has 0 aliphatic heterocycles. The first-order chi connectivity index (χ1) is 5.92. The van der Waals surface area contributed by atoms with Crippen molar-refractivity contribution in [1.82, 2.24) is 0 Å². The predicted octanol–water partition coefficient (Wildman–Crippen LogP) is 3.35. The Labute approximate surface area is 78.5 Å². The van der Waals surface area contributed by atoms with Crippen molar-refractivity contribution in [3.05, 3.63) is 33.8 Å². The molecule has 0 aliphatic carbocycles. The Morgan fingerprint density at radius 3 is 2.92 bits per heavy atom. The highest BCUT2D eigenvalue weighted by Gasteiger charge is 2.05. The lowest BCUT2D eigenvalue weighted by Crippen LogP contribution is -1.70. The van der Waals surface area contributed by atoms with E-state index in [1.54, 1.807) is 22.7 Å². The van der Waals surface area contributed by atoms with Gasteiger partial charge in [-0.3, -0.25) is 0 Å². The van der Waals surface area contributed by atoms with Crippen molar-refractivity contribution < 1.29 is 0 Å². The van der Waals surface area contributed by atoms with E-state index in [2.05, 4.69) is 6.07 Å². The third-order valence-electron chi connectivity index (χ3n) is 1.57. The van der Waals surface area contributed by atoms with E-state index in [0.29, 0.717) is 0 Å². The van der Waals surface area contributed by atoms with Gasteiger partial charge in [0.05, 0.1) is 5.56 Å². The fourth-order valence-corrected chi connectivity index (χ4v) is 2.61. The maximum atomic E-state index is 8.77. The molecule has 58 valence electrons. The zero-order valence-corrected chi connectivity index (χ0v) is 7.78. The Bertz CT molecular complexity index is 406. The Kier molecular flexibility index (Phi) is 1.94. The maximum Gasteiger partial charge on any atom is 0.101 e. The molecule has 0 unspecified atom stereocenters. The Balaban J connectivity index is 2.55.